The first kappa shape index (κ1) is 24.0. The predicted octanol–water partition coefficient (Wildman–Crippen LogP) is 3.60. The number of nitrogens with zero attached hydrogens (tertiary/aromatic N) is 4. The molecular formula is C25H24FN5O4. The van der Waals surface area contributed by atoms with Crippen molar-refractivity contribution in [3.63, 3.8) is 0 Å². The summed E-state index contributed by atoms with van der Waals surface area (Å²) in [5.74, 6) is -0.774. The van der Waals surface area contributed by atoms with Crippen molar-refractivity contribution in [1.29, 1.82) is 5.26 Å². The van der Waals surface area contributed by atoms with Gasteiger partial charge in [0.05, 0.1) is 23.1 Å². The average Bonchev–Trinajstić information content (AvgIpc) is 2.87. The first-order valence-corrected chi connectivity index (χ1v) is 11.2. The van der Waals surface area contributed by atoms with Gasteiger partial charge < -0.3 is 15.0 Å². The summed E-state index contributed by atoms with van der Waals surface area (Å²) < 4.78 is 19.2. The third-order valence-corrected chi connectivity index (χ3v) is 6.31. The average molecular weight is 477 g/mol. The van der Waals surface area contributed by atoms with E-state index in [4.69, 9.17) is 4.74 Å². The van der Waals surface area contributed by atoms with Crippen LogP contribution < -0.4 is 10.1 Å². The molecule has 0 atom stereocenters. The molecule has 0 unspecified atom stereocenters. The highest BCUT2D eigenvalue weighted by atomic mass is 19.1. The molecular weight excluding hydrogens is 453 g/mol. The van der Waals surface area contributed by atoms with Gasteiger partial charge >= 0.3 is 5.69 Å². The molecule has 10 heteroatoms. The highest BCUT2D eigenvalue weighted by Crippen LogP contribution is 2.26. The molecule has 1 N–H and O–H groups in total. The van der Waals surface area contributed by atoms with Crippen molar-refractivity contribution in [2.75, 3.05) is 26.7 Å². The third-order valence-electron chi connectivity index (χ3n) is 6.31. The molecule has 35 heavy (non-hydrogen) atoms. The van der Waals surface area contributed by atoms with Gasteiger partial charge in [-0.1, -0.05) is 0 Å². The number of rotatable bonds is 7. The van der Waals surface area contributed by atoms with Crippen LogP contribution in [-0.4, -0.2) is 53.5 Å². The second kappa shape index (κ2) is 10.4. The number of nitro groups is 1. The molecule has 180 valence electrons. The SMILES string of the molecule is COc1ccc2ncc(C#N)c(CCN3CCC(NC(=O)c4ccc([N+](=O)[O-])c(F)c4)CC3)c2c1. The van der Waals surface area contributed by atoms with Crippen molar-refractivity contribution in [3.8, 4) is 11.8 Å². The first-order chi connectivity index (χ1) is 16.9. The normalized spacial score (nSPS) is 14.4. The van der Waals surface area contributed by atoms with Gasteiger partial charge in [0, 0.05) is 48.9 Å². The summed E-state index contributed by atoms with van der Waals surface area (Å²) >= 11 is 0. The lowest BCUT2D eigenvalue weighted by molar-refractivity contribution is -0.387. The molecule has 0 aliphatic carbocycles. The second-order valence-corrected chi connectivity index (χ2v) is 8.41. The van der Waals surface area contributed by atoms with Crippen LogP contribution >= 0.6 is 0 Å². The minimum atomic E-state index is -1.03. The minimum absolute atomic E-state index is 0.0551. The number of aromatic nitrogens is 1. The number of pyridine rings is 1. The number of nitro benzene ring substituents is 1. The Kier molecular flexibility index (Phi) is 7.17. The van der Waals surface area contributed by atoms with Crippen molar-refractivity contribution in [2.24, 2.45) is 0 Å². The molecule has 1 aromatic heterocycles. The number of halogens is 1. The maximum absolute atomic E-state index is 13.9. The highest BCUT2D eigenvalue weighted by molar-refractivity contribution is 5.94. The molecule has 1 aliphatic heterocycles. The van der Waals surface area contributed by atoms with Gasteiger partial charge in [0.2, 0.25) is 5.82 Å². The van der Waals surface area contributed by atoms with Gasteiger partial charge in [-0.25, -0.2) is 0 Å². The van der Waals surface area contributed by atoms with Crippen LogP contribution in [0.1, 0.15) is 34.3 Å². The summed E-state index contributed by atoms with van der Waals surface area (Å²) in [6, 6.07) is 10.9. The molecule has 1 aliphatic rings. The number of benzene rings is 2. The maximum atomic E-state index is 13.9. The minimum Gasteiger partial charge on any atom is -0.497 e. The van der Waals surface area contributed by atoms with E-state index in [1.807, 2.05) is 18.2 Å². The van der Waals surface area contributed by atoms with Gasteiger partial charge in [0.1, 0.15) is 11.8 Å². The molecule has 4 rings (SSSR count). The standard InChI is InChI=1S/C25H24FN5O4/c1-35-19-3-4-23-21(13-19)20(17(14-27)15-28-23)8-11-30-9-6-18(7-10-30)29-25(32)16-2-5-24(31(33)34)22(26)12-16/h2-5,12-13,15,18H,6-11H2,1H3,(H,29,32). The number of piperidine rings is 1. The molecule has 2 heterocycles. The van der Waals surface area contributed by atoms with Crippen LogP contribution in [0.3, 0.4) is 0 Å². The Morgan fingerprint density at radius 2 is 2.09 bits per heavy atom. The topological polar surface area (TPSA) is 121 Å². The highest BCUT2D eigenvalue weighted by Gasteiger charge is 2.23. The molecule has 1 saturated heterocycles. The Morgan fingerprint density at radius 3 is 2.74 bits per heavy atom. The van der Waals surface area contributed by atoms with Gasteiger partial charge in [0.15, 0.2) is 0 Å². The quantitative estimate of drug-likeness (QED) is 0.408. The molecule has 3 aromatic rings. The number of hydrogen-bond donors (Lipinski definition) is 1. The van der Waals surface area contributed by atoms with Crippen LogP contribution in [0.2, 0.25) is 0 Å². The van der Waals surface area contributed by atoms with Crippen molar-refractivity contribution in [3.05, 3.63) is 75.2 Å². The van der Waals surface area contributed by atoms with E-state index < -0.39 is 22.3 Å². The van der Waals surface area contributed by atoms with E-state index in [9.17, 15) is 24.6 Å². The molecule has 1 fully saturated rings. The van der Waals surface area contributed by atoms with E-state index in [0.717, 1.165) is 61.1 Å². The van der Waals surface area contributed by atoms with E-state index in [0.29, 0.717) is 17.7 Å². The molecule has 0 bridgehead atoms. The molecule has 0 saturated carbocycles. The maximum Gasteiger partial charge on any atom is 0.304 e. The van der Waals surface area contributed by atoms with E-state index in [-0.39, 0.29) is 11.6 Å². The molecule has 9 nitrogen and oxygen atoms in total. The first-order valence-electron chi connectivity index (χ1n) is 11.2. The zero-order chi connectivity index (χ0) is 24.9. The van der Waals surface area contributed by atoms with Crippen molar-refractivity contribution >= 4 is 22.5 Å². The number of ether oxygens (including phenoxy) is 1. The Hall–Kier alpha value is -4.10. The van der Waals surface area contributed by atoms with Crippen LogP contribution in [0.15, 0.2) is 42.6 Å². The van der Waals surface area contributed by atoms with Crippen LogP contribution in [0.25, 0.3) is 10.9 Å². The van der Waals surface area contributed by atoms with E-state index in [2.05, 4.69) is 21.3 Å². The number of nitriles is 1. The predicted molar refractivity (Wildman–Crippen MR) is 127 cm³/mol. The Bertz CT molecular complexity index is 1320. The number of hydrogen-bond acceptors (Lipinski definition) is 7. The monoisotopic (exact) mass is 477 g/mol. The number of carbonyl (C=O) groups is 1. The molecule has 0 spiro atoms. The lowest BCUT2D eigenvalue weighted by atomic mass is 9.99. The molecule has 1 amide bonds. The van der Waals surface area contributed by atoms with E-state index in [1.165, 1.54) is 6.07 Å². The van der Waals surface area contributed by atoms with Gasteiger partial charge in [-0.2, -0.15) is 9.65 Å². The largest absolute Gasteiger partial charge is 0.497 e. The van der Waals surface area contributed by atoms with Crippen LogP contribution in [0, 0.1) is 27.3 Å². The lowest BCUT2D eigenvalue weighted by Gasteiger charge is -2.32. The summed E-state index contributed by atoms with van der Waals surface area (Å²) in [7, 11) is 1.60. The lowest BCUT2D eigenvalue weighted by Crippen LogP contribution is -2.45. The number of carbonyl (C=O) groups excluding carboxylic acids is 1. The van der Waals surface area contributed by atoms with Gasteiger partial charge in [-0.05, 0) is 55.2 Å². The van der Waals surface area contributed by atoms with E-state index >= 15 is 0 Å². The zero-order valence-corrected chi connectivity index (χ0v) is 19.2. The third kappa shape index (κ3) is 5.36. The van der Waals surface area contributed by atoms with Gasteiger partial charge in [-0.3, -0.25) is 19.9 Å². The fourth-order valence-corrected chi connectivity index (χ4v) is 4.35. The smallest absolute Gasteiger partial charge is 0.304 e. The van der Waals surface area contributed by atoms with Crippen LogP contribution in [0.4, 0.5) is 10.1 Å². The summed E-state index contributed by atoms with van der Waals surface area (Å²) in [5, 5.41) is 24.1. The van der Waals surface area contributed by atoms with Crippen molar-refractivity contribution < 1.29 is 18.8 Å². The molecule has 0 radical (unpaired) electrons. The van der Waals surface area contributed by atoms with Gasteiger partial charge in [-0.15, -0.1) is 0 Å². The second-order valence-electron chi connectivity index (χ2n) is 8.41. The summed E-state index contributed by atoms with van der Waals surface area (Å²) in [5.41, 5.74) is 1.69. The summed E-state index contributed by atoms with van der Waals surface area (Å²) in [6.45, 7) is 2.26. The summed E-state index contributed by atoms with van der Waals surface area (Å²) in [4.78, 5) is 29.1. The number of amides is 1. The number of likely N-dealkylation sites (tertiary alicyclic amines) is 1. The van der Waals surface area contributed by atoms with Crippen LogP contribution in [0.5, 0.6) is 5.75 Å². The van der Waals surface area contributed by atoms with Crippen molar-refractivity contribution in [1.82, 2.24) is 15.2 Å². The number of nitrogens with one attached hydrogen (secondary N) is 1. The Labute approximate surface area is 201 Å². The van der Waals surface area contributed by atoms with Crippen LogP contribution in [-0.2, 0) is 6.42 Å². The van der Waals surface area contributed by atoms with Crippen molar-refractivity contribution in [2.45, 2.75) is 25.3 Å². The Morgan fingerprint density at radius 1 is 1.31 bits per heavy atom. The fraction of sp³-hybridized carbons (Fsp3) is 0.320. The summed E-state index contributed by atoms with van der Waals surface area (Å²) in [6.07, 6.45) is 3.72. The molecule has 2 aromatic carbocycles. The fourth-order valence-electron chi connectivity index (χ4n) is 4.35. The van der Waals surface area contributed by atoms with Gasteiger partial charge in [0.25, 0.3) is 5.91 Å². The number of fused-ring (bicyclic) bond motifs is 1. The Balaban J connectivity index is 1.35. The number of methoxy groups -OCH3 is 1. The van der Waals surface area contributed by atoms with E-state index in [1.54, 1.807) is 13.3 Å². The zero-order valence-electron chi connectivity index (χ0n) is 19.2.